The summed E-state index contributed by atoms with van der Waals surface area (Å²) in [4.78, 5) is 8.18. The first-order valence-electron chi connectivity index (χ1n) is 6.31. The fraction of sp³-hybridized carbons (Fsp3) is 0.214. The quantitative estimate of drug-likeness (QED) is 0.693. The zero-order valence-corrected chi connectivity index (χ0v) is 11.9. The monoisotopic (exact) mass is 288 g/mol. The third-order valence-electron chi connectivity index (χ3n) is 3.07. The zero-order valence-electron chi connectivity index (χ0n) is 11.2. The summed E-state index contributed by atoms with van der Waals surface area (Å²) in [5, 5.41) is 4.49. The van der Waals surface area contributed by atoms with E-state index in [1.54, 1.807) is 4.52 Å². The molecule has 0 radical (unpaired) electrons. The first-order valence-corrected chi connectivity index (χ1v) is 6.69. The van der Waals surface area contributed by atoms with Crippen molar-refractivity contribution in [1.82, 2.24) is 19.6 Å². The summed E-state index contributed by atoms with van der Waals surface area (Å²) in [5.41, 5.74) is 1.93. The molecule has 3 aromatic rings. The van der Waals surface area contributed by atoms with Gasteiger partial charge in [-0.25, -0.2) is 0 Å². The Labute approximate surface area is 121 Å². The second-order valence-electron chi connectivity index (χ2n) is 4.41. The molecule has 0 aliphatic heterocycles. The molecular formula is C14H13ClN4O. The van der Waals surface area contributed by atoms with Crippen LogP contribution in [0.25, 0.3) is 5.78 Å². The van der Waals surface area contributed by atoms with Gasteiger partial charge in [-0.15, -0.1) is 0 Å². The molecule has 0 fully saturated rings. The summed E-state index contributed by atoms with van der Waals surface area (Å²) in [6, 6.07) is 7.92. The highest BCUT2D eigenvalue weighted by Gasteiger charge is 2.14. The van der Waals surface area contributed by atoms with Gasteiger partial charge in [-0.1, -0.05) is 30.7 Å². The van der Waals surface area contributed by atoms with E-state index in [0.717, 1.165) is 17.7 Å². The number of rotatable bonds is 3. The first kappa shape index (κ1) is 12.9. The minimum Gasteiger partial charge on any atom is -0.438 e. The number of aromatic nitrogens is 4. The molecule has 5 nitrogen and oxygen atoms in total. The van der Waals surface area contributed by atoms with Gasteiger partial charge in [0.05, 0.1) is 0 Å². The molecule has 0 bridgehead atoms. The van der Waals surface area contributed by atoms with Gasteiger partial charge in [-0.05, 0) is 31.0 Å². The summed E-state index contributed by atoms with van der Waals surface area (Å²) in [7, 11) is 0. The molecule has 3 rings (SSSR count). The van der Waals surface area contributed by atoms with Crippen molar-refractivity contribution in [1.29, 1.82) is 0 Å². The van der Waals surface area contributed by atoms with Crippen LogP contribution in [0.2, 0.25) is 5.15 Å². The van der Waals surface area contributed by atoms with E-state index in [4.69, 9.17) is 16.3 Å². The van der Waals surface area contributed by atoms with Crippen LogP contribution in [-0.2, 0) is 6.42 Å². The molecule has 0 unspecified atom stereocenters. The Morgan fingerprint density at radius 1 is 1.35 bits per heavy atom. The molecule has 1 aromatic carbocycles. The number of nitrogens with zero attached hydrogens (tertiary/aromatic N) is 4. The van der Waals surface area contributed by atoms with E-state index in [-0.39, 0.29) is 0 Å². The predicted molar refractivity (Wildman–Crippen MR) is 76.4 cm³/mol. The van der Waals surface area contributed by atoms with E-state index < -0.39 is 0 Å². The van der Waals surface area contributed by atoms with Gasteiger partial charge < -0.3 is 4.74 Å². The van der Waals surface area contributed by atoms with Crippen LogP contribution in [0.1, 0.15) is 18.1 Å². The lowest BCUT2D eigenvalue weighted by Gasteiger charge is -2.11. The number of ether oxygens (including phenoxy) is 1. The lowest BCUT2D eigenvalue weighted by Crippen LogP contribution is -2.01. The maximum absolute atomic E-state index is 6.10. The van der Waals surface area contributed by atoms with E-state index in [0.29, 0.717) is 16.8 Å². The smallest absolute Gasteiger partial charge is 0.256 e. The van der Waals surface area contributed by atoms with Gasteiger partial charge in [0.2, 0.25) is 5.88 Å². The van der Waals surface area contributed by atoms with E-state index in [2.05, 4.69) is 28.1 Å². The van der Waals surface area contributed by atoms with Crippen LogP contribution < -0.4 is 4.74 Å². The fourth-order valence-electron chi connectivity index (χ4n) is 1.93. The first-order chi connectivity index (χ1) is 9.69. The molecule has 102 valence electrons. The SMILES string of the molecule is CCc1cccc(Oc2c(C)c(Cl)nc3ncnn23)c1. The molecule has 0 saturated heterocycles. The minimum atomic E-state index is 0.368. The molecule has 0 atom stereocenters. The molecular weight excluding hydrogens is 276 g/mol. The third-order valence-corrected chi connectivity index (χ3v) is 3.44. The third kappa shape index (κ3) is 2.20. The Morgan fingerprint density at radius 3 is 3.00 bits per heavy atom. The van der Waals surface area contributed by atoms with Crippen LogP contribution in [0.4, 0.5) is 0 Å². The van der Waals surface area contributed by atoms with Gasteiger partial charge in [-0.3, -0.25) is 0 Å². The van der Waals surface area contributed by atoms with E-state index in [1.165, 1.54) is 11.9 Å². The van der Waals surface area contributed by atoms with Crippen molar-refractivity contribution in [2.45, 2.75) is 20.3 Å². The molecule has 0 N–H and O–H groups in total. The Balaban J connectivity index is 2.09. The molecule has 0 spiro atoms. The number of hydrogen-bond donors (Lipinski definition) is 0. The second kappa shape index (κ2) is 5.09. The Hall–Kier alpha value is -2.14. The Kier molecular flexibility index (Phi) is 3.28. The summed E-state index contributed by atoms with van der Waals surface area (Å²) in [6.07, 6.45) is 2.37. The van der Waals surface area contributed by atoms with Crippen LogP contribution in [0, 0.1) is 6.92 Å². The van der Waals surface area contributed by atoms with Crippen LogP contribution in [-0.4, -0.2) is 19.6 Å². The molecule has 2 heterocycles. The zero-order chi connectivity index (χ0) is 14.1. The van der Waals surface area contributed by atoms with Crippen molar-refractivity contribution in [3.63, 3.8) is 0 Å². The molecule has 0 aliphatic rings. The van der Waals surface area contributed by atoms with Crippen molar-refractivity contribution in [2.24, 2.45) is 0 Å². The highest BCUT2D eigenvalue weighted by molar-refractivity contribution is 6.30. The van der Waals surface area contributed by atoms with Crippen molar-refractivity contribution in [3.05, 3.63) is 46.9 Å². The number of hydrogen-bond acceptors (Lipinski definition) is 4. The van der Waals surface area contributed by atoms with Crippen molar-refractivity contribution in [2.75, 3.05) is 0 Å². The van der Waals surface area contributed by atoms with Crippen molar-refractivity contribution >= 4 is 17.4 Å². The summed E-state index contributed by atoms with van der Waals surface area (Å²) < 4.78 is 7.48. The average molecular weight is 289 g/mol. The molecule has 6 heteroatoms. The molecule has 0 aliphatic carbocycles. The van der Waals surface area contributed by atoms with Crippen LogP contribution in [0.3, 0.4) is 0 Å². The lowest BCUT2D eigenvalue weighted by molar-refractivity contribution is 0.441. The molecule has 2 aromatic heterocycles. The lowest BCUT2D eigenvalue weighted by atomic mass is 10.2. The summed E-state index contributed by atoms with van der Waals surface area (Å²) in [6.45, 7) is 3.94. The minimum absolute atomic E-state index is 0.368. The average Bonchev–Trinajstić information content (AvgIpc) is 2.92. The maximum atomic E-state index is 6.10. The van der Waals surface area contributed by atoms with Gasteiger partial charge >= 0.3 is 0 Å². The van der Waals surface area contributed by atoms with Crippen LogP contribution >= 0.6 is 11.6 Å². The summed E-state index contributed by atoms with van der Waals surface area (Å²) >= 11 is 6.10. The van der Waals surface area contributed by atoms with Gasteiger partial charge in [0.15, 0.2) is 0 Å². The Bertz CT molecular complexity index is 769. The number of benzene rings is 1. The Morgan fingerprint density at radius 2 is 2.20 bits per heavy atom. The molecule has 0 saturated carbocycles. The van der Waals surface area contributed by atoms with Gasteiger partial charge in [-0.2, -0.15) is 19.6 Å². The normalized spacial score (nSPS) is 10.9. The fourth-order valence-corrected chi connectivity index (χ4v) is 2.09. The topological polar surface area (TPSA) is 52.3 Å². The second-order valence-corrected chi connectivity index (χ2v) is 4.77. The highest BCUT2D eigenvalue weighted by Crippen LogP contribution is 2.29. The van der Waals surface area contributed by atoms with Gasteiger partial charge in [0.25, 0.3) is 5.78 Å². The molecule has 20 heavy (non-hydrogen) atoms. The highest BCUT2D eigenvalue weighted by atomic mass is 35.5. The number of halogens is 1. The van der Waals surface area contributed by atoms with Crippen molar-refractivity contribution < 1.29 is 4.74 Å². The number of fused-ring (bicyclic) bond motifs is 1. The van der Waals surface area contributed by atoms with Gasteiger partial charge in [0, 0.05) is 5.56 Å². The predicted octanol–water partition coefficient (Wildman–Crippen LogP) is 3.44. The van der Waals surface area contributed by atoms with E-state index in [9.17, 15) is 0 Å². The van der Waals surface area contributed by atoms with Crippen molar-refractivity contribution in [3.8, 4) is 11.6 Å². The van der Waals surface area contributed by atoms with E-state index in [1.807, 2.05) is 25.1 Å². The maximum Gasteiger partial charge on any atom is 0.256 e. The standard InChI is InChI=1S/C14H13ClN4O/c1-3-10-5-4-6-11(7-10)20-13-9(2)12(15)18-14-16-8-17-19(13)14/h4-8H,3H2,1-2H3. The summed E-state index contributed by atoms with van der Waals surface area (Å²) in [5.74, 6) is 1.69. The van der Waals surface area contributed by atoms with Gasteiger partial charge in [0.1, 0.15) is 17.2 Å². The largest absolute Gasteiger partial charge is 0.438 e. The number of aryl methyl sites for hydroxylation is 1. The van der Waals surface area contributed by atoms with E-state index >= 15 is 0 Å². The van der Waals surface area contributed by atoms with Crippen LogP contribution in [0.5, 0.6) is 11.6 Å². The van der Waals surface area contributed by atoms with Crippen LogP contribution in [0.15, 0.2) is 30.6 Å². The molecule has 0 amide bonds.